The van der Waals surface area contributed by atoms with E-state index in [2.05, 4.69) is 10.3 Å². The van der Waals surface area contributed by atoms with Gasteiger partial charge in [0.1, 0.15) is 6.54 Å². The van der Waals surface area contributed by atoms with Crippen molar-refractivity contribution in [2.45, 2.75) is 5.92 Å². The van der Waals surface area contributed by atoms with Gasteiger partial charge in [0.2, 0.25) is 5.96 Å². The predicted octanol–water partition coefficient (Wildman–Crippen LogP) is 3.75. The highest BCUT2D eigenvalue weighted by Gasteiger charge is 2.33. The molecule has 1 atom stereocenters. The molecule has 4 rings (SSSR count). The van der Waals surface area contributed by atoms with Crippen molar-refractivity contribution in [1.29, 1.82) is 0 Å². The molecule has 0 fully saturated rings. The summed E-state index contributed by atoms with van der Waals surface area (Å²) in [5.41, 5.74) is 2.99. The number of hydrogen-bond donors (Lipinski definition) is 1. The van der Waals surface area contributed by atoms with Crippen LogP contribution in [0.25, 0.3) is 0 Å². The number of carbonyl (C=O) groups excluding carboxylic acids is 1. The van der Waals surface area contributed by atoms with Crippen LogP contribution in [0.3, 0.4) is 0 Å². The molecule has 0 radical (unpaired) electrons. The van der Waals surface area contributed by atoms with Crippen molar-refractivity contribution in [3.05, 3.63) is 63.6 Å². The van der Waals surface area contributed by atoms with Crippen LogP contribution in [0.5, 0.6) is 0 Å². The number of guanidine groups is 1. The summed E-state index contributed by atoms with van der Waals surface area (Å²) in [6.07, 6.45) is 0. The number of aliphatic imine (C=N–C) groups is 1. The van der Waals surface area contributed by atoms with E-state index < -0.39 is 0 Å². The van der Waals surface area contributed by atoms with Gasteiger partial charge in [0.25, 0.3) is 5.91 Å². The van der Waals surface area contributed by atoms with E-state index in [1.54, 1.807) is 4.90 Å². The van der Waals surface area contributed by atoms with Gasteiger partial charge in [-0.2, -0.15) is 0 Å². The Morgan fingerprint density at radius 2 is 1.96 bits per heavy atom. The van der Waals surface area contributed by atoms with E-state index in [0.717, 1.165) is 16.8 Å². The van der Waals surface area contributed by atoms with Gasteiger partial charge in [-0.05, 0) is 41.5 Å². The molecule has 1 N–H and O–H groups in total. The molecule has 2 heterocycles. The number of carbonyl (C=O) groups is 1. The molecule has 2 aliphatic heterocycles. The Morgan fingerprint density at radius 1 is 1.13 bits per heavy atom. The minimum atomic E-state index is -0.0235. The van der Waals surface area contributed by atoms with Crippen molar-refractivity contribution in [2.75, 3.05) is 18.4 Å². The highest BCUT2D eigenvalue weighted by molar-refractivity contribution is 6.31. The Kier molecular flexibility index (Phi) is 3.51. The molecule has 6 heteroatoms. The lowest BCUT2D eigenvalue weighted by Gasteiger charge is -2.22. The van der Waals surface area contributed by atoms with Gasteiger partial charge in [0, 0.05) is 28.2 Å². The minimum Gasteiger partial charge on any atom is -0.326 e. The Morgan fingerprint density at radius 3 is 2.78 bits per heavy atom. The van der Waals surface area contributed by atoms with Gasteiger partial charge in [0.15, 0.2) is 0 Å². The fourth-order valence-corrected chi connectivity index (χ4v) is 3.45. The standard InChI is InChI=1S/C17H13Cl2N3O/c18-11-3-1-2-10(6-11)14-9-22-16(23)8-20-17(22)21-15-5-4-12(19)7-13(14)15/h1-7,14H,8-9H2,(H,20,21). The molecule has 0 bridgehead atoms. The summed E-state index contributed by atoms with van der Waals surface area (Å²) >= 11 is 12.4. The first-order valence-electron chi connectivity index (χ1n) is 7.28. The Bertz CT molecular complexity index is 834. The molecule has 23 heavy (non-hydrogen) atoms. The molecule has 1 amide bonds. The summed E-state index contributed by atoms with van der Waals surface area (Å²) in [5.74, 6) is 0.575. The van der Waals surface area contributed by atoms with Gasteiger partial charge in [-0.25, -0.2) is 4.99 Å². The van der Waals surface area contributed by atoms with E-state index in [1.807, 2.05) is 42.5 Å². The number of halogens is 2. The fraction of sp³-hybridized carbons (Fsp3) is 0.176. The molecule has 0 aliphatic carbocycles. The second-order valence-corrected chi connectivity index (χ2v) is 6.48. The number of hydrogen-bond acceptors (Lipinski definition) is 3. The SMILES string of the molecule is O=C1CN=C2Nc3ccc(Cl)cc3C(c3cccc(Cl)c3)CN12. The molecule has 0 aromatic heterocycles. The van der Waals surface area contributed by atoms with Crippen molar-refractivity contribution in [3.63, 3.8) is 0 Å². The van der Waals surface area contributed by atoms with Crippen molar-refractivity contribution in [1.82, 2.24) is 4.90 Å². The fourth-order valence-electron chi connectivity index (χ4n) is 3.07. The first kappa shape index (κ1) is 14.5. The largest absolute Gasteiger partial charge is 0.326 e. The lowest BCUT2D eigenvalue weighted by atomic mass is 9.90. The lowest BCUT2D eigenvalue weighted by Crippen LogP contribution is -2.37. The number of fused-ring (bicyclic) bond motifs is 2. The van der Waals surface area contributed by atoms with Crippen LogP contribution in [0.4, 0.5) is 5.69 Å². The third kappa shape index (κ3) is 2.58. The zero-order valence-electron chi connectivity index (χ0n) is 12.1. The molecular formula is C17H13Cl2N3O. The average molecular weight is 346 g/mol. The van der Waals surface area contributed by atoms with E-state index in [0.29, 0.717) is 22.5 Å². The summed E-state index contributed by atoms with van der Waals surface area (Å²) in [6, 6.07) is 13.4. The van der Waals surface area contributed by atoms with Crippen molar-refractivity contribution >= 4 is 40.8 Å². The van der Waals surface area contributed by atoms with Gasteiger partial charge in [-0.3, -0.25) is 9.69 Å². The number of nitrogens with one attached hydrogen (secondary N) is 1. The Labute approximate surface area is 143 Å². The van der Waals surface area contributed by atoms with Crippen LogP contribution in [0.1, 0.15) is 17.0 Å². The lowest BCUT2D eigenvalue weighted by molar-refractivity contribution is -0.124. The third-order valence-corrected chi connectivity index (χ3v) is 4.64. The number of benzene rings is 2. The van der Waals surface area contributed by atoms with Crippen LogP contribution in [0, 0.1) is 0 Å². The third-order valence-electron chi connectivity index (χ3n) is 4.17. The van der Waals surface area contributed by atoms with Gasteiger partial charge in [-0.1, -0.05) is 35.3 Å². The molecule has 116 valence electrons. The van der Waals surface area contributed by atoms with Crippen LogP contribution in [-0.2, 0) is 4.79 Å². The maximum atomic E-state index is 12.1. The minimum absolute atomic E-state index is 0.00145. The summed E-state index contributed by atoms with van der Waals surface area (Å²) < 4.78 is 0. The van der Waals surface area contributed by atoms with Crippen LogP contribution in [0.2, 0.25) is 10.0 Å². The van der Waals surface area contributed by atoms with E-state index in [-0.39, 0.29) is 18.4 Å². The molecule has 1 unspecified atom stereocenters. The Hall–Kier alpha value is -2.04. The molecular weight excluding hydrogens is 333 g/mol. The highest BCUT2D eigenvalue weighted by Crippen LogP contribution is 2.37. The zero-order valence-corrected chi connectivity index (χ0v) is 13.6. The maximum Gasteiger partial charge on any atom is 0.251 e. The molecule has 2 aliphatic rings. The molecule has 4 nitrogen and oxygen atoms in total. The van der Waals surface area contributed by atoms with E-state index in [4.69, 9.17) is 23.2 Å². The monoisotopic (exact) mass is 345 g/mol. The summed E-state index contributed by atoms with van der Waals surface area (Å²) in [5, 5.41) is 4.59. The number of amides is 1. The van der Waals surface area contributed by atoms with Crippen LogP contribution in [-0.4, -0.2) is 29.9 Å². The number of rotatable bonds is 1. The molecule has 2 aromatic carbocycles. The summed E-state index contributed by atoms with van der Waals surface area (Å²) in [6.45, 7) is 0.700. The van der Waals surface area contributed by atoms with Crippen molar-refractivity contribution < 1.29 is 4.79 Å². The van der Waals surface area contributed by atoms with E-state index in [9.17, 15) is 4.79 Å². The smallest absolute Gasteiger partial charge is 0.251 e. The summed E-state index contributed by atoms with van der Waals surface area (Å²) in [7, 11) is 0. The zero-order chi connectivity index (χ0) is 16.0. The van der Waals surface area contributed by atoms with Crippen molar-refractivity contribution in [3.8, 4) is 0 Å². The molecule has 0 saturated heterocycles. The number of nitrogens with zero attached hydrogens (tertiary/aromatic N) is 2. The Balaban J connectivity index is 1.87. The van der Waals surface area contributed by atoms with Gasteiger partial charge < -0.3 is 5.32 Å². The molecule has 2 aromatic rings. The quantitative estimate of drug-likeness (QED) is 0.855. The van der Waals surface area contributed by atoms with Crippen LogP contribution >= 0.6 is 23.2 Å². The maximum absolute atomic E-state index is 12.1. The topological polar surface area (TPSA) is 44.7 Å². The van der Waals surface area contributed by atoms with Gasteiger partial charge >= 0.3 is 0 Å². The van der Waals surface area contributed by atoms with Crippen LogP contribution < -0.4 is 5.32 Å². The second-order valence-electron chi connectivity index (χ2n) is 5.61. The first-order valence-corrected chi connectivity index (χ1v) is 8.04. The first-order chi connectivity index (χ1) is 11.1. The normalized spacial score (nSPS) is 19.6. The molecule has 0 spiro atoms. The van der Waals surface area contributed by atoms with Crippen LogP contribution in [0.15, 0.2) is 47.5 Å². The summed E-state index contributed by atoms with van der Waals surface area (Å²) in [4.78, 5) is 18.1. The number of anilines is 1. The van der Waals surface area contributed by atoms with Crippen molar-refractivity contribution in [2.24, 2.45) is 4.99 Å². The highest BCUT2D eigenvalue weighted by atomic mass is 35.5. The van der Waals surface area contributed by atoms with E-state index in [1.165, 1.54) is 0 Å². The van der Waals surface area contributed by atoms with Gasteiger partial charge in [0.05, 0.1) is 0 Å². The second kappa shape index (κ2) is 5.55. The van der Waals surface area contributed by atoms with Gasteiger partial charge in [-0.15, -0.1) is 0 Å². The average Bonchev–Trinajstić information content (AvgIpc) is 2.78. The van der Waals surface area contributed by atoms with E-state index >= 15 is 0 Å². The predicted molar refractivity (Wildman–Crippen MR) is 92.4 cm³/mol. The molecule has 0 saturated carbocycles.